The van der Waals surface area contributed by atoms with Crippen LogP contribution in [0.4, 0.5) is 4.39 Å². The highest BCUT2D eigenvalue weighted by molar-refractivity contribution is 6.30. The smallest absolute Gasteiger partial charge is 0.129 e. The van der Waals surface area contributed by atoms with Crippen LogP contribution in [0.1, 0.15) is 29.7 Å². The third-order valence-electron chi connectivity index (χ3n) is 3.49. The quantitative estimate of drug-likeness (QED) is 0.910. The summed E-state index contributed by atoms with van der Waals surface area (Å²) in [5.74, 6) is 0.368. The molecule has 2 unspecified atom stereocenters. The number of rotatable bonds is 2. The van der Waals surface area contributed by atoms with E-state index in [-0.39, 0.29) is 11.7 Å². The Morgan fingerprint density at radius 1 is 1.30 bits per heavy atom. The van der Waals surface area contributed by atoms with E-state index in [1.807, 2.05) is 19.1 Å². The predicted molar refractivity (Wildman–Crippen MR) is 75.7 cm³/mol. The molecular formula is C16H14ClFO2. The average Bonchev–Trinajstić information content (AvgIpc) is 2.79. The molecule has 0 fully saturated rings. The first-order valence-electron chi connectivity index (χ1n) is 6.47. The molecule has 0 saturated carbocycles. The Morgan fingerprint density at radius 2 is 2.10 bits per heavy atom. The van der Waals surface area contributed by atoms with E-state index in [2.05, 4.69) is 0 Å². The summed E-state index contributed by atoms with van der Waals surface area (Å²) in [5.41, 5.74) is 1.86. The van der Waals surface area contributed by atoms with Crippen LogP contribution in [0, 0.1) is 5.82 Å². The molecule has 0 amide bonds. The molecule has 0 spiro atoms. The standard InChI is InChI=1S/C16H14ClFO2/c1-9-6-11-7-10(2-5-15(11)20-9)16(19)13-8-12(17)3-4-14(13)18/h2-5,7-9,16,19H,6H2,1H3. The fraction of sp³-hybridized carbons (Fsp3) is 0.250. The maximum atomic E-state index is 13.8. The Hall–Kier alpha value is -1.58. The summed E-state index contributed by atoms with van der Waals surface area (Å²) in [5, 5.41) is 10.8. The zero-order valence-corrected chi connectivity index (χ0v) is 11.7. The normalized spacial score (nSPS) is 18.5. The zero-order valence-electron chi connectivity index (χ0n) is 10.9. The number of hydrogen-bond acceptors (Lipinski definition) is 2. The van der Waals surface area contributed by atoms with Gasteiger partial charge in [0.05, 0.1) is 0 Å². The Bertz CT molecular complexity index is 657. The van der Waals surface area contributed by atoms with Crippen LogP contribution in [0.5, 0.6) is 5.75 Å². The third-order valence-corrected chi connectivity index (χ3v) is 3.72. The van der Waals surface area contributed by atoms with Crippen LogP contribution in [-0.4, -0.2) is 11.2 Å². The van der Waals surface area contributed by atoms with Gasteiger partial charge in [-0.05, 0) is 48.4 Å². The van der Waals surface area contributed by atoms with Crippen LogP contribution in [0.2, 0.25) is 5.02 Å². The lowest BCUT2D eigenvalue weighted by molar-refractivity contribution is 0.215. The van der Waals surface area contributed by atoms with Gasteiger partial charge in [-0.15, -0.1) is 0 Å². The molecule has 1 N–H and O–H groups in total. The Kier molecular flexibility index (Phi) is 3.40. The highest BCUT2D eigenvalue weighted by atomic mass is 35.5. The van der Waals surface area contributed by atoms with Gasteiger partial charge in [-0.3, -0.25) is 0 Å². The highest BCUT2D eigenvalue weighted by Crippen LogP contribution is 2.33. The van der Waals surface area contributed by atoms with E-state index >= 15 is 0 Å². The van der Waals surface area contributed by atoms with Crippen LogP contribution in [0.3, 0.4) is 0 Å². The molecule has 1 heterocycles. The van der Waals surface area contributed by atoms with Crippen molar-refractivity contribution >= 4 is 11.6 Å². The van der Waals surface area contributed by atoms with Gasteiger partial charge in [0.1, 0.15) is 23.8 Å². The van der Waals surface area contributed by atoms with Gasteiger partial charge in [-0.25, -0.2) is 4.39 Å². The van der Waals surface area contributed by atoms with Gasteiger partial charge in [0, 0.05) is 17.0 Å². The summed E-state index contributed by atoms with van der Waals surface area (Å²) < 4.78 is 19.4. The fourth-order valence-electron chi connectivity index (χ4n) is 2.52. The van der Waals surface area contributed by atoms with Crippen molar-refractivity contribution in [3.63, 3.8) is 0 Å². The average molecular weight is 293 g/mol. The van der Waals surface area contributed by atoms with Crippen LogP contribution >= 0.6 is 11.6 Å². The molecule has 4 heteroatoms. The molecule has 0 aliphatic carbocycles. The number of fused-ring (bicyclic) bond motifs is 1. The Morgan fingerprint density at radius 3 is 2.90 bits per heavy atom. The summed E-state index contributed by atoms with van der Waals surface area (Å²) in [6.45, 7) is 1.99. The molecule has 0 radical (unpaired) electrons. The fourth-order valence-corrected chi connectivity index (χ4v) is 2.70. The molecule has 2 atom stereocenters. The molecule has 0 aromatic heterocycles. The summed E-state index contributed by atoms with van der Waals surface area (Å²) in [6, 6.07) is 9.62. The number of ether oxygens (including phenoxy) is 1. The Labute approximate surface area is 121 Å². The predicted octanol–water partition coefficient (Wildman–Crippen LogP) is 3.88. The number of aliphatic hydroxyl groups excluding tert-OH is 1. The molecule has 104 valence electrons. The van der Waals surface area contributed by atoms with Gasteiger partial charge in [-0.1, -0.05) is 17.7 Å². The lowest BCUT2D eigenvalue weighted by Gasteiger charge is -2.13. The maximum absolute atomic E-state index is 13.8. The molecule has 0 saturated heterocycles. The molecule has 0 bridgehead atoms. The van der Waals surface area contributed by atoms with Gasteiger partial charge in [0.25, 0.3) is 0 Å². The minimum absolute atomic E-state index is 0.139. The largest absolute Gasteiger partial charge is 0.490 e. The van der Waals surface area contributed by atoms with Crippen LogP contribution in [0.25, 0.3) is 0 Å². The van der Waals surface area contributed by atoms with Gasteiger partial charge in [0.2, 0.25) is 0 Å². The third kappa shape index (κ3) is 2.39. The van der Waals surface area contributed by atoms with E-state index in [0.717, 1.165) is 17.7 Å². The first-order valence-corrected chi connectivity index (χ1v) is 6.85. The summed E-state index contributed by atoms with van der Waals surface area (Å²) in [6.07, 6.45) is -0.0938. The van der Waals surface area contributed by atoms with E-state index in [9.17, 15) is 9.50 Å². The van der Waals surface area contributed by atoms with E-state index in [4.69, 9.17) is 16.3 Å². The van der Waals surface area contributed by atoms with Crippen LogP contribution < -0.4 is 4.74 Å². The van der Waals surface area contributed by atoms with Crippen molar-refractivity contribution in [3.8, 4) is 5.75 Å². The monoisotopic (exact) mass is 292 g/mol. The molecule has 3 rings (SSSR count). The molecule has 20 heavy (non-hydrogen) atoms. The van der Waals surface area contributed by atoms with Crippen molar-refractivity contribution in [3.05, 3.63) is 63.9 Å². The van der Waals surface area contributed by atoms with Crippen molar-refractivity contribution < 1.29 is 14.2 Å². The minimum atomic E-state index is -1.03. The Balaban J connectivity index is 1.97. The van der Waals surface area contributed by atoms with Crippen LogP contribution in [0.15, 0.2) is 36.4 Å². The van der Waals surface area contributed by atoms with Crippen molar-refractivity contribution in [2.75, 3.05) is 0 Å². The van der Waals surface area contributed by atoms with Crippen LogP contribution in [-0.2, 0) is 6.42 Å². The summed E-state index contributed by atoms with van der Waals surface area (Å²) in [4.78, 5) is 0. The van der Waals surface area contributed by atoms with Gasteiger partial charge in [-0.2, -0.15) is 0 Å². The second-order valence-corrected chi connectivity index (χ2v) is 5.50. The lowest BCUT2D eigenvalue weighted by Crippen LogP contribution is -2.05. The SMILES string of the molecule is CC1Cc2cc(C(O)c3cc(Cl)ccc3F)ccc2O1. The van der Waals surface area contributed by atoms with E-state index in [1.165, 1.54) is 18.2 Å². The van der Waals surface area contributed by atoms with Crippen molar-refractivity contribution in [2.45, 2.75) is 25.6 Å². The molecule has 1 aliphatic heterocycles. The molecule has 2 nitrogen and oxygen atoms in total. The molecule has 2 aromatic rings. The van der Waals surface area contributed by atoms with Gasteiger partial charge >= 0.3 is 0 Å². The van der Waals surface area contributed by atoms with E-state index < -0.39 is 11.9 Å². The van der Waals surface area contributed by atoms with Gasteiger partial charge in [0.15, 0.2) is 0 Å². The summed E-state index contributed by atoms with van der Waals surface area (Å²) in [7, 11) is 0. The molecular weight excluding hydrogens is 279 g/mol. The van der Waals surface area contributed by atoms with Gasteiger partial charge < -0.3 is 9.84 Å². The van der Waals surface area contributed by atoms with Crippen molar-refractivity contribution in [1.29, 1.82) is 0 Å². The second kappa shape index (κ2) is 5.08. The molecule has 1 aliphatic rings. The number of hydrogen-bond donors (Lipinski definition) is 1. The minimum Gasteiger partial charge on any atom is -0.490 e. The topological polar surface area (TPSA) is 29.5 Å². The highest BCUT2D eigenvalue weighted by Gasteiger charge is 2.22. The number of benzene rings is 2. The second-order valence-electron chi connectivity index (χ2n) is 5.07. The summed E-state index contributed by atoms with van der Waals surface area (Å²) >= 11 is 5.86. The number of aliphatic hydroxyl groups is 1. The number of halogens is 2. The first kappa shape index (κ1) is 13.4. The van der Waals surface area contributed by atoms with E-state index in [1.54, 1.807) is 6.07 Å². The maximum Gasteiger partial charge on any atom is 0.129 e. The first-order chi connectivity index (χ1) is 9.54. The van der Waals surface area contributed by atoms with Crippen molar-refractivity contribution in [1.82, 2.24) is 0 Å². The molecule has 2 aromatic carbocycles. The lowest BCUT2D eigenvalue weighted by atomic mass is 9.98. The zero-order chi connectivity index (χ0) is 14.3. The van der Waals surface area contributed by atoms with Crippen molar-refractivity contribution in [2.24, 2.45) is 0 Å². The van der Waals surface area contributed by atoms with E-state index in [0.29, 0.717) is 10.6 Å².